The van der Waals surface area contributed by atoms with Crippen molar-refractivity contribution in [2.75, 3.05) is 6.61 Å². The number of nitrogens with one attached hydrogen (secondary N) is 1. The fourth-order valence-electron chi connectivity index (χ4n) is 2.89. The van der Waals surface area contributed by atoms with Crippen LogP contribution < -0.4 is 14.8 Å². The number of carboxylic acids is 1. The average molecular weight is 528 g/mol. The van der Waals surface area contributed by atoms with Gasteiger partial charge in [0, 0.05) is 12.5 Å². The van der Waals surface area contributed by atoms with Gasteiger partial charge < -0.3 is 33.5 Å². The number of hydrogen-bond donors (Lipinski definition) is 2. The van der Waals surface area contributed by atoms with Gasteiger partial charge in [0.1, 0.15) is 12.2 Å². The van der Waals surface area contributed by atoms with Gasteiger partial charge in [0.25, 0.3) is 5.72 Å². The van der Waals surface area contributed by atoms with Crippen molar-refractivity contribution in [3.8, 4) is 11.5 Å². The second kappa shape index (κ2) is 14.9. The molecule has 0 fully saturated rings. The van der Waals surface area contributed by atoms with E-state index in [1.54, 1.807) is 34.6 Å². The number of ether oxygens (including phenoxy) is 6. The molecule has 0 heterocycles. The van der Waals surface area contributed by atoms with Crippen LogP contribution in [-0.2, 0) is 30.2 Å². The number of hydrogen-bond acceptors (Lipinski definition) is 11. The van der Waals surface area contributed by atoms with E-state index >= 15 is 0 Å². The smallest absolute Gasteiger partial charge is 0.477 e. The molecule has 0 spiro atoms. The van der Waals surface area contributed by atoms with E-state index in [1.807, 2.05) is 13.8 Å². The quantitative estimate of drug-likeness (QED) is 0.156. The van der Waals surface area contributed by atoms with Gasteiger partial charge >= 0.3 is 24.4 Å². The molecule has 1 rings (SSSR count). The standard InChI is InChI=1S/C25H37NO11/c1-8-16(6)33-23(30)35-19-12-11-18(13-20(19)36-24(31)34-17(7)9-2)14-25(21(27)28,26-15(4)5)37-22(29)32-10-3/h11-13,15-17,26H,8-10,14H2,1-7H3,(H,27,28)/t16?,17?,25-/m0/s1. The highest BCUT2D eigenvalue weighted by atomic mass is 16.8. The summed E-state index contributed by atoms with van der Waals surface area (Å²) < 4.78 is 30.7. The fourth-order valence-corrected chi connectivity index (χ4v) is 2.89. The zero-order valence-electron chi connectivity index (χ0n) is 22.3. The molecule has 1 aromatic carbocycles. The van der Waals surface area contributed by atoms with Crippen LogP contribution in [-0.4, -0.2) is 60.1 Å². The maximum atomic E-state index is 12.3. The molecule has 2 N–H and O–H groups in total. The van der Waals surface area contributed by atoms with Gasteiger partial charge in [0.2, 0.25) is 0 Å². The Hall–Kier alpha value is -3.54. The van der Waals surface area contributed by atoms with Crippen molar-refractivity contribution in [2.45, 2.75) is 91.7 Å². The molecule has 1 aromatic rings. The molecular formula is C25H37NO11. The molecule has 0 aliphatic rings. The van der Waals surface area contributed by atoms with Gasteiger partial charge in [-0.25, -0.2) is 19.2 Å². The van der Waals surface area contributed by atoms with Gasteiger partial charge in [-0.1, -0.05) is 19.9 Å². The second-order valence-electron chi connectivity index (χ2n) is 8.55. The normalized spacial score (nSPS) is 14.1. The van der Waals surface area contributed by atoms with Gasteiger partial charge in [0.05, 0.1) is 6.61 Å². The molecule has 0 bridgehead atoms. The molecule has 0 aliphatic carbocycles. The third kappa shape index (κ3) is 10.5. The van der Waals surface area contributed by atoms with Crippen molar-refractivity contribution in [1.82, 2.24) is 5.32 Å². The monoisotopic (exact) mass is 527 g/mol. The molecule has 208 valence electrons. The van der Waals surface area contributed by atoms with Crippen LogP contribution in [0.3, 0.4) is 0 Å². The predicted octanol–water partition coefficient (Wildman–Crippen LogP) is 4.81. The molecule has 0 saturated carbocycles. The fraction of sp³-hybridized carbons (Fsp3) is 0.600. The van der Waals surface area contributed by atoms with E-state index < -0.39 is 54.8 Å². The summed E-state index contributed by atoms with van der Waals surface area (Å²) >= 11 is 0. The molecule has 3 atom stereocenters. The van der Waals surface area contributed by atoms with Crippen LogP contribution >= 0.6 is 0 Å². The molecule has 0 radical (unpaired) electrons. The van der Waals surface area contributed by atoms with Crippen LogP contribution in [0.2, 0.25) is 0 Å². The Bertz CT molecular complexity index is 933. The second-order valence-corrected chi connectivity index (χ2v) is 8.55. The van der Waals surface area contributed by atoms with Gasteiger partial charge in [-0.15, -0.1) is 0 Å². The highest BCUT2D eigenvalue weighted by Gasteiger charge is 2.44. The Balaban J connectivity index is 3.40. The molecule has 2 unspecified atom stereocenters. The summed E-state index contributed by atoms with van der Waals surface area (Å²) in [6, 6.07) is 3.58. The SMILES string of the molecule is CCOC(=O)O[C@](Cc1ccc(OC(=O)OC(C)CC)c(OC(=O)OC(C)CC)c1)(NC(C)C)C(=O)O. The van der Waals surface area contributed by atoms with Crippen molar-refractivity contribution in [3.05, 3.63) is 23.8 Å². The molecule has 12 heteroatoms. The Kier molecular flexibility index (Phi) is 12.7. The van der Waals surface area contributed by atoms with E-state index in [-0.39, 0.29) is 23.7 Å². The number of benzene rings is 1. The number of rotatable bonds is 13. The van der Waals surface area contributed by atoms with E-state index in [9.17, 15) is 24.3 Å². The van der Waals surface area contributed by atoms with Gasteiger partial charge in [-0.05, 0) is 65.2 Å². The van der Waals surface area contributed by atoms with Gasteiger partial charge in [-0.2, -0.15) is 0 Å². The zero-order chi connectivity index (χ0) is 28.2. The lowest BCUT2D eigenvalue weighted by Gasteiger charge is -2.31. The van der Waals surface area contributed by atoms with Crippen LogP contribution in [0.1, 0.15) is 66.9 Å². The largest absolute Gasteiger partial charge is 0.514 e. The van der Waals surface area contributed by atoms with Crippen LogP contribution in [0.25, 0.3) is 0 Å². The lowest BCUT2D eigenvalue weighted by atomic mass is 10.0. The molecule has 0 saturated heterocycles. The van der Waals surface area contributed by atoms with Crippen LogP contribution in [0.5, 0.6) is 11.5 Å². The number of carbonyl (C=O) groups is 4. The van der Waals surface area contributed by atoms with Crippen LogP contribution in [0.15, 0.2) is 18.2 Å². The van der Waals surface area contributed by atoms with Crippen molar-refractivity contribution in [1.29, 1.82) is 0 Å². The Morgan fingerprint density at radius 3 is 1.86 bits per heavy atom. The Morgan fingerprint density at radius 2 is 1.41 bits per heavy atom. The van der Waals surface area contributed by atoms with E-state index in [2.05, 4.69) is 5.32 Å². The van der Waals surface area contributed by atoms with Crippen molar-refractivity contribution in [2.24, 2.45) is 0 Å². The van der Waals surface area contributed by atoms with Gasteiger partial charge in [-0.3, -0.25) is 5.32 Å². The zero-order valence-corrected chi connectivity index (χ0v) is 22.3. The predicted molar refractivity (Wildman–Crippen MR) is 131 cm³/mol. The van der Waals surface area contributed by atoms with E-state index in [0.29, 0.717) is 12.8 Å². The number of carboxylic acid groups (broad SMARTS) is 1. The molecule has 0 aliphatic heterocycles. The third-order valence-electron chi connectivity index (χ3n) is 4.98. The van der Waals surface area contributed by atoms with E-state index in [0.717, 1.165) is 0 Å². The maximum Gasteiger partial charge on any atom is 0.514 e. The summed E-state index contributed by atoms with van der Waals surface area (Å²) in [7, 11) is 0. The minimum Gasteiger partial charge on any atom is -0.477 e. The van der Waals surface area contributed by atoms with Crippen LogP contribution in [0, 0.1) is 0 Å². The third-order valence-corrected chi connectivity index (χ3v) is 4.98. The number of carbonyl (C=O) groups excluding carboxylic acids is 3. The minimum absolute atomic E-state index is 0.0225. The molecular weight excluding hydrogens is 490 g/mol. The molecule has 0 aromatic heterocycles. The molecule has 12 nitrogen and oxygen atoms in total. The van der Waals surface area contributed by atoms with Crippen molar-refractivity contribution in [3.63, 3.8) is 0 Å². The summed E-state index contributed by atoms with van der Waals surface area (Å²) in [5.41, 5.74) is -1.96. The lowest BCUT2D eigenvalue weighted by molar-refractivity contribution is -0.166. The number of aliphatic carboxylic acids is 1. The topological polar surface area (TPSA) is 156 Å². The minimum atomic E-state index is -2.22. The first-order valence-corrected chi connectivity index (χ1v) is 12.1. The Morgan fingerprint density at radius 1 is 0.865 bits per heavy atom. The first-order valence-electron chi connectivity index (χ1n) is 12.1. The Labute approximate surface area is 216 Å². The van der Waals surface area contributed by atoms with E-state index in [1.165, 1.54) is 18.2 Å². The summed E-state index contributed by atoms with van der Waals surface area (Å²) in [6.45, 7) is 11.9. The highest BCUT2D eigenvalue weighted by molar-refractivity contribution is 5.80. The summed E-state index contributed by atoms with van der Waals surface area (Å²) in [6.07, 6.45) is -3.42. The summed E-state index contributed by atoms with van der Waals surface area (Å²) in [5, 5.41) is 12.7. The lowest BCUT2D eigenvalue weighted by Crippen LogP contribution is -2.59. The summed E-state index contributed by atoms with van der Waals surface area (Å²) in [4.78, 5) is 48.8. The maximum absolute atomic E-state index is 12.3. The van der Waals surface area contributed by atoms with Gasteiger partial charge in [0.15, 0.2) is 11.5 Å². The molecule has 37 heavy (non-hydrogen) atoms. The molecule has 0 amide bonds. The first-order chi connectivity index (χ1) is 17.3. The average Bonchev–Trinajstić information content (AvgIpc) is 2.79. The van der Waals surface area contributed by atoms with E-state index in [4.69, 9.17) is 28.4 Å². The van der Waals surface area contributed by atoms with Crippen LogP contribution in [0.4, 0.5) is 14.4 Å². The van der Waals surface area contributed by atoms with Crippen molar-refractivity contribution < 1.29 is 52.7 Å². The highest BCUT2D eigenvalue weighted by Crippen LogP contribution is 2.31. The summed E-state index contributed by atoms with van der Waals surface area (Å²) in [5.74, 6) is -1.88. The van der Waals surface area contributed by atoms with Crippen molar-refractivity contribution >= 4 is 24.4 Å². The first kappa shape index (κ1) is 31.5.